The molecule has 0 unspecified atom stereocenters. The van der Waals surface area contributed by atoms with Gasteiger partial charge in [-0.2, -0.15) is 5.10 Å². The summed E-state index contributed by atoms with van der Waals surface area (Å²) < 4.78 is 21.2. The first-order valence-electron chi connectivity index (χ1n) is 8.38. The Morgan fingerprint density at radius 2 is 1.73 bits per heavy atom. The minimum Gasteiger partial charge on any atom is -0.496 e. The van der Waals surface area contributed by atoms with Crippen molar-refractivity contribution in [3.63, 3.8) is 0 Å². The first-order valence-corrected chi connectivity index (χ1v) is 8.79. The first-order chi connectivity index (χ1) is 12.4. The quantitative estimate of drug-likeness (QED) is 0.577. The highest BCUT2D eigenvalue weighted by Crippen LogP contribution is 2.26. The molecule has 0 atom stereocenters. The van der Waals surface area contributed by atoms with Gasteiger partial charge in [-0.15, -0.1) is 0 Å². The van der Waals surface area contributed by atoms with Crippen molar-refractivity contribution in [3.05, 3.63) is 75.2 Å². The maximum atomic E-state index is 13.2. The van der Waals surface area contributed by atoms with Crippen LogP contribution in [0.2, 0.25) is 0 Å². The molecule has 0 aliphatic carbocycles. The van der Waals surface area contributed by atoms with Gasteiger partial charge in [-0.1, -0.05) is 18.3 Å². The molecule has 0 fully saturated rings. The van der Waals surface area contributed by atoms with E-state index in [4.69, 9.17) is 22.1 Å². The van der Waals surface area contributed by atoms with E-state index in [0.717, 1.165) is 39.3 Å². The Hall–Kier alpha value is -2.53. The van der Waals surface area contributed by atoms with Crippen molar-refractivity contribution in [1.29, 1.82) is 0 Å². The molecule has 0 aliphatic heterocycles. The molecule has 1 heterocycles. The smallest absolute Gasteiger partial charge is 0.123 e. The average Bonchev–Trinajstić information content (AvgIpc) is 2.61. The molecule has 0 bridgehead atoms. The van der Waals surface area contributed by atoms with Crippen LogP contribution in [0.4, 0.5) is 4.39 Å². The number of ether oxygens (including phenoxy) is 1. The molecule has 3 nitrogen and oxygen atoms in total. The molecule has 5 heteroatoms. The monoisotopic (exact) mass is 368 g/mol. The normalized spacial score (nSPS) is 10.8. The Balaban J connectivity index is 2.08. The third-order valence-electron chi connectivity index (χ3n) is 4.62. The Morgan fingerprint density at radius 1 is 1.04 bits per heavy atom. The number of aromatic nitrogens is 2. The zero-order valence-corrected chi connectivity index (χ0v) is 16.2. The van der Waals surface area contributed by atoms with E-state index in [9.17, 15) is 4.39 Å². The number of methoxy groups -OCH3 is 1. The van der Waals surface area contributed by atoms with Gasteiger partial charge in [0.15, 0.2) is 0 Å². The van der Waals surface area contributed by atoms with E-state index in [1.807, 2.05) is 36.7 Å². The van der Waals surface area contributed by atoms with Crippen molar-refractivity contribution in [2.75, 3.05) is 7.11 Å². The highest BCUT2D eigenvalue weighted by atomic mass is 32.1. The fraction of sp³-hybridized carbons (Fsp3) is 0.238. The number of halogens is 1. The average molecular weight is 368 g/mol. The fourth-order valence-electron chi connectivity index (χ4n) is 3.07. The van der Waals surface area contributed by atoms with Crippen LogP contribution >= 0.6 is 12.2 Å². The number of benzene rings is 2. The molecular formula is C21H21FN2OS. The minimum absolute atomic E-state index is 0.262. The lowest BCUT2D eigenvalue weighted by Gasteiger charge is -2.16. The van der Waals surface area contributed by atoms with Crippen LogP contribution < -0.4 is 4.74 Å². The summed E-state index contributed by atoms with van der Waals surface area (Å²) in [5.41, 5.74) is 6.03. The number of hydrogen-bond acceptors (Lipinski definition) is 3. The van der Waals surface area contributed by atoms with Crippen LogP contribution in [0.5, 0.6) is 5.75 Å². The largest absolute Gasteiger partial charge is 0.496 e. The summed E-state index contributed by atoms with van der Waals surface area (Å²) in [7, 11) is 1.67. The van der Waals surface area contributed by atoms with Gasteiger partial charge in [0.05, 0.1) is 19.3 Å². The predicted molar refractivity (Wildman–Crippen MR) is 105 cm³/mol. The summed E-state index contributed by atoms with van der Waals surface area (Å²) in [5.74, 6) is 0.588. The van der Waals surface area contributed by atoms with Crippen LogP contribution in [-0.2, 0) is 6.54 Å². The van der Waals surface area contributed by atoms with Crippen LogP contribution in [0.15, 0.2) is 42.5 Å². The maximum Gasteiger partial charge on any atom is 0.123 e. The number of nitrogens with zero attached hydrogens (tertiary/aromatic N) is 2. The fourth-order valence-corrected chi connectivity index (χ4v) is 3.35. The van der Waals surface area contributed by atoms with E-state index >= 15 is 0 Å². The van der Waals surface area contributed by atoms with E-state index in [1.165, 1.54) is 12.1 Å². The van der Waals surface area contributed by atoms with Gasteiger partial charge >= 0.3 is 0 Å². The molecule has 0 aliphatic rings. The first kappa shape index (κ1) is 18.3. The Bertz CT molecular complexity index is 1010. The highest BCUT2D eigenvalue weighted by Gasteiger charge is 2.12. The summed E-state index contributed by atoms with van der Waals surface area (Å²) in [6, 6.07) is 12.3. The van der Waals surface area contributed by atoms with Gasteiger partial charge in [0.25, 0.3) is 0 Å². The van der Waals surface area contributed by atoms with Crippen LogP contribution in [0, 0.1) is 31.2 Å². The molecule has 0 amide bonds. The van der Waals surface area contributed by atoms with Gasteiger partial charge in [0, 0.05) is 5.56 Å². The molecule has 0 N–H and O–H groups in total. The number of rotatable bonds is 4. The van der Waals surface area contributed by atoms with Crippen LogP contribution in [-0.4, -0.2) is 16.9 Å². The van der Waals surface area contributed by atoms with E-state index in [2.05, 4.69) is 6.92 Å². The van der Waals surface area contributed by atoms with Crippen LogP contribution in [0.1, 0.15) is 22.3 Å². The van der Waals surface area contributed by atoms with E-state index in [1.54, 1.807) is 19.2 Å². The standard InChI is InChI=1S/C21H21FN2OS/c1-13-5-10-19(25-4)15(3)18(13)12-24-20(26)11-14(2)21(23-24)16-6-8-17(22)9-7-16/h5-11H,12H2,1-4H3. The van der Waals surface area contributed by atoms with E-state index in [-0.39, 0.29) is 5.82 Å². The van der Waals surface area contributed by atoms with Crippen molar-refractivity contribution >= 4 is 12.2 Å². The summed E-state index contributed by atoms with van der Waals surface area (Å²) in [6.07, 6.45) is 0. The van der Waals surface area contributed by atoms with Crippen molar-refractivity contribution in [1.82, 2.24) is 9.78 Å². The second-order valence-corrected chi connectivity index (χ2v) is 6.79. The van der Waals surface area contributed by atoms with Gasteiger partial charge in [-0.3, -0.25) is 0 Å². The van der Waals surface area contributed by atoms with Crippen molar-refractivity contribution < 1.29 is 9.13 Å². The molecular weight excluding hydrogens is 347 g/mol. The zero-order chi connectivity index (χ0) is 18.8. The van der Waals surface area contributed by atoms with Gasteiger partial charge in [-0.05, 0) is 79.4 Å². The topological polar surface area (TPSA) is 27.1 Å². The second-order valence-electron chi connectivity index (χ2n) is 6.37. The molecule has 0 saturated carbocycles. The lowest BCUT2D eigenvalue weighted by molar-refractivity contribution is 0.410. The Kier molecular flexibility index (Phi) is 5.18. The van der Waals surface area contributed by atoms with Crippen LogP contribution in [0.25, 0.3) is 11.3 Å². The molecule has 0 spiro atoms. The number of hydrogen-bond donors (Lipinski definition) is 0. The number of aryl methyl sites for hydroxylation is 2. The summed E-state index contributed by atoms with van der Waals surface area (Å²) in [5, 5.41) is 4.75. The Morgan fingerprint density at radius 3 is 2.38 bits per heavy atom. The van der Waals surface area contributed by atoms with Gasteiger partial charge in [0.1, 0.15) is 16.2 Å². The lowest BCUT2D eigenvalue weighted by atomic mass is 10.0. The lowest BCUT2D eigenvalue weighted by Crippen LogP contribution is -2.11. The highest BCUT2D eigenvalue weighted by molar-refractivity contribution is 7.71. The van der Waals surface area contributed by atoms with Crippen molar-refractivity contribution in [2.45, 2.75) is 27.3 Å². The molecule has 26 heavy (non-hydrogen) atoms. The molecule has 0 saturated heterocycles. The van der Waals surface area contributed by atoms with Crippen LogP contribution in [0.3, 0.4) is 0 Å². The molecule has 2 aromatic carbocycles. The SMILES string of the molecule is COc1ccc(C)c(Cn2nc(-c3ccc(F)cc3)c(C)cc2=S)c1C. The second kappa shape index (κ2) is 7.38. The molecule has 3 aromatic rings. The summed E-state index contributed by atoms with van der Waals surface area (Å²) in [4.78, 5) is 0. The molecule has 0 radical (unpaired) electrons. The molecule has 1 aromatic heterocycles. The van der Waals surface area contributed by atoms with E-state index < -0.39 is 0 Å². The molecule has 3 rings (SSSR count). The van der Waals surface area contributed by atoms with Gasteiger partial charge in [-0.25, -0.2) is 9.07 Å². The van der Waals surface area contributed by atoms with Crippen molar-refractivity contribution in [2.24, 2.45) is 0 Å². The predicted octanol–water partition coefficient (Wildman–Crippen LogP) is 5.40. The van der Waals surface area contributed by atoms with Crippen molar-refractivity contribution in [3.8, 4) is 17.0 Å². The van der Waals surface area contributed by atoms with Gasteiger partial charge < -0.3 is 4.74 Å². The Labute approximate surface area is 158 Å². The summed E-state index contributed by atoms with van der Waals surface area (Å²) in [6.45, 7) is 6.64. The third kappa shape index (κ3) is 3.53. The van der Waals surface area contributed by atoms with Gasteiger partial charge in [0.2, 0.25) is 0 Å². The zero-order valence-electron chi connectivity index (χ0n) is 15.3. The third-order valence-corrected chi connectivity index (χ3v) is 4.95. The molecule has 134 valence electrons. The summed E-state index contributed by atoms with van der Waals surface area (Å²) >= 11 is 5.53. The maximum absolute atomic E-state index is 13.2. The van der Waals surface area contributed by atoms with E-state index in [0.29, 0.717) is 11.2 Å². The minimum atomic E-state index is -0.262.